The van der Waals surface area contributed by atoms with Crippen molar-refractivity contribution in [3.05, 3.63) is 84.0 Å². The summed E-state index contributed by atoms with van der Waals surface area (Å²) in [5, 5.41) is 17.4. The number of fused-ring (bicyclic) bond motifs is 1. The zero-order valence-corrected chi connectivity index (χ0v) is 20.5. The summed E-state index contributed by atoms with van der Waals surface area (Å²) in [6.07, 6.45) is 3.39. The fraction of sp³-hybridized carbons (Fsp3) is 0.296. The molecule has 0 radical (unpaired) electrons. The summed E-state index contributed by atoms with van der Waals surface area (Å²) in [5.74, 6) is 3.53. The minimum Gasteiger partial charge on any atom is -0.489 e. The number of nitrogens with zero attached hydrogens (tertiary/aromatic N) is 7. The van der Waals surface area contributed by atoms with Crippen molar-refractivity contribution in [2.75, 3.05) is 18.5 Å². The van der Waals surface area contributed by atoms with Gasteiger partial charge in [0.15, 0.2) is 11.5 Å². The summed E-state index contributed by atoms with van der Waals surface area (Å²) in [4.78, 5) is 6.71. The van der Waals surface area contributed by atoms with Gasteiger partial charge in [-0.25, -0.2) is 0 Å². The Morgan fingerprint density at radius 1 is 0.944 bits per heavy atom. The second-order valence-corrected chi connectivity index (χ2v) is 8.66. The fourth-order valence-electron chi connectivity index (χ4n) is 3.83. The van der Waals surface area contributed by atoms with Crippen LogP contribution in [-0.4, -0.2) is 43.5 Å². The number of ether oxygens (including phenoxy) is 1. The first-order chi connectivity index (χ1) is 17.7. The van der Waals surface area contributed by atoms with Crippen molar-refractivity contribution in [2.45, 2.75) is 39.2 Å². The Bertz CT molecular complexity index is 1400. The molecule has 0 unspecified atom stereocenters. The Balaban J connectivity index is 1.21. The molecule has 0 fully saturated rings. The number of aromatic nitrogens is 6. The number of hydrogen-bond acceptors (Lipinski definition) is 8. The first kappa shape index (κ1) is 23.5. The van der Waals surface area contributed by atoms with Gasteiger partial charge in [-0.05, 0) is 48.4 Å². The van der Waals surface area contributed by atoms with E-state index in [0.29, 0.717) is 31.2 Å². The number of benzene rings is 2. The van der Waals surface area contributed by atoms with Crippen LogP contribution in [0.3, 0.4) is 0 Å². The number of aryl methyl sites for hydroxylation is 2. The molecule has 5 rings (SSSR count). The lowest BCUT2D eigenvalue weighted by Gasteiger charge is -2.17. The van der Waals surface area contributed by atoms with Crippen LogP contribution in [0.4, 0.5) is 5.82 Å². The number of anilines is 1. The molecular weight excluding hydrogens is 454 g/mol. The van der Waals surface area contributed by atoms with E-state index in [2.05, 4.69) is 39.2 Å². The third-order valence-electron chi connectivity index (χ3n) is 5.94. The van der Waals surface area contributed by atoms with Gasteiger partial charge in [0.1, 0.15) is 18.2 Å². The number of unbranched alkanes of at least 4 members (excludes halogenated alkanes) is 1. The largest absolute Gasteiger partial charge is 0.489 e. The molecule has 9 heteroatoms. The summed E-state index contributed by atoms with van der Waals surface area (Å²) in [6, 6.07) is 21.7. The first-order valence-corrected chi connectivity index (χ1v) is 12.2. The molecule has 0 aliphatic heterocycles. The second kappa shape index (κ2) is 11.0. The van der Waals surface area contributed by atoms with Gasteiger partial charge in [-0.3, -0.25) is 0 Å². The van der Waals surface area contributed by atoms with E-state index < -0.39 is 0 Å². The maximum absolute atomic E-state index is 5.86. The molecule has 184 valence electrons. The summed E-state index contributed by atoms with van der Waals surface area (Å²) in [6.45, 7) is 3.66. The van der Waals surface area contributed by atoms with Crippen molar-refractivity contribution in [3.63, 3.8) is 0 Å². The minimum atomic E-state index is 0.523. The molecule has 0 spiro atoms. The average molecular weight is 484 g/mol. The Morgan fingerprint density at radius 3 is 2.58 bits per heavy atom. The van der Waals surface area contributed by atoms with Crippen molar-refractivity contribution in [1.29, 1.82) is 0 Å². The van der Waals surface area contributed by atoms with E-state index in [9.17, 15) is 0 Å². The average Bonchev–Trinajstić information content (AvgIpc) is 3.57. The van der Waals surface area contributed by atoms with E-state index in [1.54, 1.807) is 4.52 Å². The van der Waals surface area contributed by atoms with E-state index in [-0.39, 0.29) is 0 Å². The molecule has 3 heterocycles. The van der Waals surface area contributed by atoms with Crippen LogP contribution in [-0.2, 0) is 19.4 Å². The van der Waals surface area contributed by atoms with Gasteiger partial charge in [0, 0.05) is 32.0 Å². The second-order valence-electron chi connectivity index (χ2n) is 8.66. The van der Waals surface area contributed by atoms with E-state index in [1.807, 2.05) is 66.7 Å². The molecule has 0 saturated heterocycles. The van der Waals surface area contributed by atoms with E-state index >= 15 is 0 Å². The highest BCUT2D eigenvalue weighted by molar-refractivity contribution is 5.55. The van der Waals surface area contributed by atoms with Crippen LogP contribution in [0.25, 0.3) is 17.0 Å². The molecule has 9 nitrogen and oxygen atoms in total. The highest BCUT2D eigenvalue weighted by Crippen LogP contribution is 2.21. The lowest BCUT2D eigenvalue weighted by molar-refractivity contribution is 0.306. The molecule has 0 amide bonds. The van der Waals surface area contributed by atoms with Crippen molar-refractivity contribution >= 4 is 11.5 Å². The monoisotopic (exact) mass is 483 g/mol. The summed E-state index contributed by atoms with van der Waals surface area (Å²) >= 11 is 0. The summed E-state index contributed by atoms with van der Waals surface area (Å²) in [7, 11) is 2.05. The van der Waals surface area contributed by atoms with Gasteiger partial charge >= 0.3 is 0 Å². The molecular formula is C27H29N7O2. The first-order valence-electron chi connectivity index (χ1n) is 12.2. The SMILES string of the molecule is CCCCN(C)c1ccc2nnc(CCc3nc(-c4ccc(OCc5ccccc5)cc4)no3)n2n1. The van der Waals surface area contributed by atoms with Gasteiger partial charge < -0.3 is 14.2 Å². The van der Waals surface area contributed by atoms with Gasteiger partial charge in [-0.1, -0.05) is 48.8 Å². The Kier molecular flexibility index (Phi) is 7.16. The Morgan fingerprint density at radius 2 is 1.78 bits per heavy atom. The zero-order chi connectivity index (χ0) is 24.7. The van der Waals surface area contributed by atoms with Crippen molar-refractivity contribution in [1.82, 2.24) is 30.0 Å². The van der Waals surface area contributed by atoms with Gasteiger partial charge in [0.25, 0.3) is 0 Å². The van der Waals surface area contributed by atoms with Crippen LogP contribution < -0.4 is 9.64 Å². The lowest BCUT2D eigenvalue weighted by atomic mass is 10.2. The van der Waals surface area contributed by atoms with Crippen molar-refractivity contribution < 1.29 is 9.26 Å². The zero-order valence-electron chi connectivity index (χ0n) is 20.5. The van der Waals surface area contributed by atoms with Crippen LogP contribution >= 0.6 is 0 Å². The van der Waals surface area contributed by atoms with E-state index in [0.717, 1.165) is 53.6 Å². The van der Waals surface area contributed by atoms with Crippen LogP contribution in [0.2, 0.25) is 0 Å². The molecule has 0 bridgehead atoms. The predicted molar refractivity (Wildman–Crippen MR) is 137 cm³/mol. The normalized spacial score (nSPS) is 11.2. The van der Waals surface area contributed by atoms with Crippen molar-refractivity contribution in [3.8, 4) is 17.1 Å². The Labute approximate surface area is 209 Å². The number of hydrogen-bond donors (Lipinski definition) is 0. The molecule has 0 aliphatic carbocycles. The fourth-order valence-corrected chi connectivity index (χ4v) is 3.83. The quantitative estimate of drug-likeness (QED) is 0.265. The molecule has 36 heavy (non-hydrogen) atoms. The van der Waals surface area contributed by atoms with E-state index in [1.165, 1.54) is 0 Å². The Hall–Kier alpha value is -4.27. The highest BCUT2D eigenvalue weighted by Gasteiger charge is 2.13. The molecule has 0 N–H and O–H groups in total. The summed E-state index contributed by atoms with van der Waals surface area (Å²) < 4.78 is 13.1. The van der Waals surface area contributed by atoms with Crippen LogP contribution in [0, 0.1) is 0 Å². The number of rotatable bonds is 11. The third kappa shape index (κ3) is 5.51. The minimum absolute atomic E-state index is 0.523. The molecule has 0 saturated carbocycles. The maximum Gasteiger partial charge on any atom is 0.227 e. The van der Waals surface area contributed by atoms with Gasteiger partial charge in [0.05, 0.1) is 0 Å². The van der Waals surface area contributed by atoms with Gasteiger partial charge in [0.2, 0.25) is 11.7 Å². The van der Waals surface area contributed by atoms with Crippen LogP contribution in [0.15, 0.2) is 71.3 Å². The van der Waals surface area contributed by atoms with Crippen molar-refractivity contribution in [2.24, 2.45) is 0 Å². The van der Waals surface area contributed by atoms with Crippen LogP contribution in [0.5, 0.6) is 5.75 Å². The third-order valence-corrected chi connectivity index (χ3v) is 5.94. The van der Waals surface area contributed by atoms with E-state index in [4.69, 9.17) is 14.4 Å². The smallest absolute Gasteiger partial charge is 0.227 e. The highest BCUT2D eigenvalue weighted by atomic mass is 16.5. The standard InChI is InChI=1S/C27H29N7O2/c1-3-4-18-33(2)25-15-14-23-29-30-24(34(23)31-25)16-17-26-28-27(32-36-26)21-10-12-22(13-11-21)35-19-20-8-6-5-7-9-20/h5-15H,3-4,16-19H2,1-2H3. The van der Waals surface area contributed by atoms with Gasteiger partial charge in [-0.15, -0.1) is 15.3 Å². The molecule has 0 aliphatic rings. The lowest BCUT2D eigenvalue weighted by Crippen LogP contribution is -2.20. The topological polar surface area (TPSA) is 94.5 Å². The summed E-state index contributed by atoms with van der Waals surface area (Å²) in [5.41, 5.74) is 2.71. The van der Waals surface area contributed by atoms with Gasteiger partial charge in [-0.2, -0.15) is 9.50 Å². The molecule has 5 aromatic rings. The molecule has 2 aromatic carbocycles. The van der Waals surface area contributed by atoms with Crippen LogP contribution in [0.1, 0.15) is 37.0 Å². The molecule has 0 atom stereocenters. The maximum atomic E-state index is 5.86. The molecule has 3 aromatic heterocycles. The predicted octanol–water partition coefficient (Wildman–Crippen LogP) is 4.77.